The van der Waals surface area contributed by atoms with Gasteiger partial charge in [-0.1, -0.05) is 11.8 Å². The summed E-state index contributed by atoms with van der Waals surface area (Å²) in [6.45, 7) is 4.14. The molecule has 0 bridgehead atoms. The van der Waals surface area contributed by atoms with E-state index in [0.29, 0.717) is 13.0 Å². The van der Waals surface area contributed by atoms with E-state index in [4.69, 9.17) is 4.74 Å². The Kier molecular flexibility index (Phi) is 6.67. The fourth-order valence-corrected chi connectivity index (χ4v) is 2.27. The first-order valence-corrected chi connectivity index (χ1v) is 6.92. The van der Waals surface area contributed by atoms with Gasteiger partial charge in [0.05, 0.1) is 6.61 Å². The second kappa shape index (κ2) is 8.05. The molecule has 1 unspecified atom stereocenters. The largest absolute Gasteiger partial charge is 0.465 e. The smallest absolute Gasteiger partial charge is 0.323 e. The summed E-state index contributed by atoms with van der Waals surface area (Å²) in [6.07, 6.45) is 2.43. The number of hydrogen-bond acceptors (Lipinski definition) is 6. The Morgan fingerprint density at radius 2 is 2.39 bits per heavy atom. The molecule has 0 fully saturated rings. The van der Waals surface area contributed by atoms with Crippen LogP contribution in [0.3, 0.4) is 0 Å². The summed E-state index contributed by atoms with van der Waals surface area (Å²) in [5.74, 6) is 0.569. The minimum absolute atomic E-state index is 0.203. The molecule has 0 spiro atoms. The lowest BCUT2D eigenvalue weighted by molar-refractivity contribution is -0.145. The number of thioether (sulfide) groups is 1. The number of nitrogens with one attached hydrogen (secondary N) is 1. The Balaban J connectivity index is 2.37. The van der Waals surface area contributed by atoms with Crippen LogP contribution in [-0.2, 0) is 9.53 Å². The first-order chi connectivity index (χ1) is 8.67. The highest BCUT2D eigenvalue weighted by Gasteiger charge is 2.17. The first-order valence-electron chi connectivity index (χ1n) is 5.93. The number of esters is 1. The van der Waals surface area contributed by atoms with Gasteiger partial charge in [-0.05, 0) is 33.4 Å². The zero-order chi connectivity index (χ0) is 13.4. The normalized spacial score (nSPS) is 12.2. The second-order valence-corrected chi connectivity index (χ2v) is 4.77. The first kappa shape index (κ1) is 14.9. The Labute approximate surface area is 112 Å². The van der Waals surface area contributed by atoms with E-state index in [2.05, 4.69) is 15.3 Å². The second-order valence-electron chi connectivity index (χ2n) is 3.71. The Morgan fingerprint density at radius 3 is 3.00 bits per heavy atom. The van der Waals surface area contributed by atoms with Crippen molar-refractivity contribution in [3.05, 3.63) is 18.0 Å². The minimum atomic E-state index is -0.262. The highest BCUT2D eigenvalue weighted by molar-refractivity contribution is 7.99. The lowest BCUT2D eigenvalue weighted by Gasteiger charge is -2.13. The molecule has 0 aliphatic heterocycles. The van der Waals surface area contributed by atoms with E-state index < -0.39 is 0 Å². The summed E-state index contributed by atoms with van der Waals surface area (Å²) in [7, 11) is 1.76. The monoisotopic (exact) mass is 269 g/mol. The van der Waals surface area contributed by atoms with Crippen LogP contribution >= 0.6 is 11.8 Å². The third kappa shape index (κ3) is 5.01. The molecule has 0 saturated heterocycles. The molecule has 18 heavy (non-hydrogen) atoms. The minimum Gasteiger partial charge on any atom is -0.465 e. The van der Waals surface area contributed by atoms with Gasteiger partial charge in [-0.3, -0.25) is 4.79 Å². The van der Waals surface area contributed by atoms with Crippen molar-refractivity contribution in [2.24, 2.45) is 0 Å². The predicted octanol–water partition coefficient (Wildman–Crippen LogP) is 1.42. The van der Waals surface area contributed by atoms with Crippen molar-refractivity contribution >= 4 is 17.7 Å². The topological polar surface area (TPSA) is 64.1 Å². The van der Waals surface area contributed by atoms with Gasteiger partial charge in [0, 0.05) is 17.6 Å². The number of ether oxygens (including phenoxy) is 1. The van der Waals surface area contributed by atoms with Gasteiger partial charge in [0.1, 0.15) is 6.04 Å². The highest BCUT2D eigenvalue weighted by atomic mass is 32.2. The predicted molar refractivity (Wildman–Crippen MR) is 71.6 cm³/mol. The summed E-state index contributed by atoms with van der Waals surface area (Å²) in [5, 5.41) is 3.70. The quantitative estimate of drug-likeness (QED) is 0.459. The van der Waals surface area contributed by atoms with E-state index >= 15 is 0 Å². The van der Waals surface area contributed by atoms with Crippen molar-refractivity contribution in [1.82, 2.24) is 15.3 Å². The van der Waals surface area contributed by atoms with Gasteiger partial charge in [0.2, 0.25) is 0 Å². The van der Waals surface area contributed by atoms with Gasteiger partial charge in [-0.2, -0.15) is 0 Å². The fourth-order valence-electron chi connectivity index (χ4n) is 1.39. The summed E-state index contributed by atoms with van der Waals surface area (Å²) in [5.41, 5.74) is 0.947. The summed E-state index contributed by atoms with van der Waals surface area (Å²) < 4.78 is 4.97. The lowest BCUT2D eigenvalue weighted by atomic mass is 10.2. The Bertz CT molecular complexity index is 387. The van der Waals surface area contributed by atoms with Crippen LogP contribution in [0.15, 0.2) is 17.4 Å². The molecule has 0 aliphatic rings. The fraction of sp³-hybridized carbons (Fsp3) is 0.583. The van der Waals surface area contributed by atoms with Crippen LogP contribution in [0.5, 0.6) is 0 Å². The average Bonchev–Trinajstić information content (AvgIpc) is 2.35. The van der Waals surface area contributed by atoms with Crippen LogP contribution in [0.4, 0.5) is 0 Å². The molecular weight excluding hydrogens is 250 g/mol. The van der Waals surface area contributed by atoms with Gasteiger partial charge < -0.3 is 10.1 Å². The van der Waals surface area contributed by atoms with E-state index in [1.807, 2.05) is 13.0 Å². The van der Waals surface area contributed by atoms with Crippen LogP contribution in [-0.4, -0.2) is 41.4 Å². The van der Waals surface area contributed by atoms with Crippen molar-refractivity contribution in [3.8, 4) is 0 Å². The number of nitrogens with zero attached hydrogens (tertiary/aromatic N) is 2. The maximum absolute atomic E-state index is 11.5. The zero-order valence-corrected chi connectivity index (χ0v) is 11.8. The summed E-state index contributed by atoms with van der Waals surface area (Å²) in [6, 6.07) is 1.60. The van der Waals surface area contributed by atoms with Crippen LogP contribution in [0.2, 0.25) is 0 Å². The van der Waals surface area contributed by atoms with Crippen LogP contribution in [0, 0.1) is 6.92 Å². The highest BCUT2D eigenvalue weighted by Crippen LogP contribution is 2.14. The van der Waals surface area contributed by atoms with Crippen LogP contribution in [0.1, 0.15) is 19.0 Å². The van der Waals surface area contributed by atoms with Crippen molar-refractivity contribution in [1.29, 1.82) is 0 Å². The van der Waals surface area contributed by atoms with Crippen molar-refractivity contribution in [2.75, 3.05) is 19.4 Å². The summed E-state index contributed by atoms with van der Waals surface area (Å²) >= 11 is 1.54. The third-order valence-electron chi connectivity index (χ3n) is 2.33. The van der Waals surface area contributed by atoms with Crippen molar-refractivity contribution < 1.29 is 9.53 Å². The molecule has 5 nitrogen and oxygen atoms in total. The lowest BCUT2D eigenvalue weighted by Crippen LogP contribution is -2.36. The average molecular weight is 269 g/mol. The maximum Gasteiger partial charge on any atom is 0.323 e. The molecule has 0 saturated carbocycles. The summed E-state index contributed by atoms with van der Waals surface area (Å²) in [4.78, 5) is 20.0. The molecule has 1 aromatic rings. The van der Waals surface area contributed by atoms with Gasteiger partial charge in [0.15, 0.2) is 5.16 Å². The molecular formula is C12H19N3O2S. The van der Waals surface area contributed by atoms with E-state index in [1.165, 1.54) is 0 Å². The molecule has 100 valence electrons. The van der Waals surface area contributed by atoms with Gasteiger partial charge >= 0.3 is 5.97 Å². The van der Waals surface area contributed by atoms with Gasteiger partial charge in [-0.25, -0.2) is 9.97 Å². The molecule has 1 N–H and O–H groups in total. The van der Waals surface area contributed by atoms with E-state index in [9.17, 15) is 4.79 Å². The molecule has 1 heterocycles. The number of likely N-dealkylation sites (N-methyl/N-ethyl adjacent to an activating group) is 1. The molecule has 0 aromatic carbocycles. The maximum atomic E-state index is 11.5. The van der Waals surface area contributed by atoms with Gasteiger partial charge in [0.25, 0.3) is 0 Å². The number of aromatic nitrogens is 2. The molecule has 0 amide bonds. The Hall–Kier alpha value is -1.14. The number of rotatable bonds is 7. The van der Waals surface area contributed by atoms with E-state index in [-0.39, 0.29) is 12.0 Å². The van der Waals surface area contributed by atoms with E-state index in [1.54, 1.807) is 31.9 Å². The molecule has 0 radical (unpaired) electrons. The third-order valence-corrected chi connectivity index (χ3v) is 3.22. The zero-order valence-electron chi connectivity index (χ0n) is 11.0. The molecule has 1 rings (SSSR count). The molecule has 1 aromatic heterocycles. The molecule has 6 heteroatoms. The number of aryl methyl sites for hydroxylation is 1. The van der Waals surface area contributed by atoms with E-state index in [0.717, 1.165) is 16.6 Å². The van der Waals surface area contributed by atoms with Crippen LogP contribution in [0.25, 0.3) is 0 Å². The van der Waals surface area contributed by atoms with Crippen molar-refractivity contribution in [3.63, 3.8) is 0 Å². The number of carbonyl (C=O) groups excluding carboxylic acids is 1. The Morgan fingerprint density at radius 1 is 1.61 bits per heavy atom. The number of carbonyl (C=O) groups is 1. The molecule has 0 aliphatic carbocycles. The molecule has 1 atom stereocenters. The SMILES string of the molecule is CCOC(=O)C(CCSc1nccc(C)n1)NC. The van der Waals surface area contributed by atoms with Crippen molar-refractivity contribution in [2.45, 2.75) is 31.5 Å². The van der Waals surface area contributed by atoms with Crippen LogP contribution < -0.4 is 5.32 Å². The number of hydrogen-bond donors (Lipinski definition) is 1. The van der Waals surface area contributed by atoms with Gasteiger partial charge in [-0.15, -0.1) is 0 Å². The standard InChI is InChI=1S/C12H19N3O2S/c1-4-17-11(16)10(13-3)6-8-18-12-14-7-5-9(2)15-12/h5,7,10,13H,4,6,8H2,1-3H3.